The molecule has 0 saturated carbocycles. The minimum absolute atomic E-state index is 0.104. The van der Waals surface area contributed by atoms with Gasteiger partial charge in [-0.15, -0.1) is 0 Å². The number of aromatic amines is 1. The molecule has 2 heterocycles. The number of nitrogens with zero attached hydrogens (tertiary/aromatic N) is 2. The Balaban J connectivity index is 1.67. The number of aromatic nitrogens is 3. The number of halogens is 2. The number of amides is 2. The minimum Gasteiger partial charge on any atom is -0.475 e. The Morgan fingerprint density at radius 1 is 1.13 bits per heavy atom. The molecule has 0 unspecified atom stereocenters. The number of H-pyrrole nitrogens is 1. The Kier molecular flexibility index (Phi) is 7.36. The third kappa shape index (κ3) is 5.33. The maximum atomic E-state index is 12.6. The highest BCUT2D eigenvalue weighted by Crippen LogP contribution is 2.23. The van der Waals surface area contributed by atoms with Gasteiger partial charge < -0.3 is 14.8 Å². The highest BCUT2D eigenvalue weighted by Gasteiger charge is 2.24. The van der Waals surface area contributed by atoms with E-state index in [2.05, 4.69) is 20.5 Å². The van der Waals surface area contributed by atoms with Gasteiger partial charge in [-0.25, -0.2) is 15.1 Å². The molecule has 0 saturated heterocycles. The number of carbonyl (C=O) groups is 2. The highest BCUT2D eigenvalue weighted by atomic mass is 35.5. The SMILES string of the molecule is COCCOc1ccc(NC(=O)c2[nH]ncc2[NH2+]C(=O)c2c(Cl)cccc2Cl)cn1. The number of hydrogen-bond donors (Lipinski definition) is 3. The molecule has 156 valence electrons. The van der Waals surface area contributed by atoms with Gasteiger partial charge in [0.25, 0.3) is 5.91 Å². The normalized spacial score (nSPS) is 10.6. The van der Waals surface area contributed by atoms with Crippen molar-refractivity contribution >= 4 is 46.4 Å². The summed E-state index contributed by atoms with van der Waals surface area (Å²) in [4.78, 5) is 29.3. The summed E-state index contributed by atoms with van der Waals surface area (Å²) in [5.74, 6) is -0.533. The number of nitrogens with two attached hydrogens (primary N) is 1. The van der Waals surface area contributed by atoms with Crippen LogP contribution in [0.4, 0.5) is 11.4 Å². The maximum Gasteiger partial charge on any atom is 0.350 e. The van der Waals surface area contributed by atoms with Crippen LogP contribution >= 0.6 is 23.2 Å². The third-order valence-electron chi connectivity index (χ3n) is 3.92. The van der Waals surface area contributed by atoms with E-state index in [1.165, 1.54) is 17.7 Å². The molecule has 0 aliphatic carbocycles. The van der Waals surface area contributed by atoms with Gasteiger partial charge in [0, 0.05) is 13.2 Å². The van der Waals surface area contributed by atoms with Crippen LogP contribution in [0.15, 0.2) is 42.7 Å². The summed E-state index contributed by atoms with van der Waals surface area (Å²) in [5, 5.41) is 10.8. The zero-order chi connectivity index (χ0) is 21.5. The van der Waals surface area contributed by atoms with E-state index in [0.717, 1.165) is 0 Å². The van der Waals surface area contributed by atoms with Gasteiger partial charge >= 0.3 is 5.91 Å². The van der Waals surface area contributed by atoms with Gasteiger partial charge in [-0.3, -0.25) is 9.89 Å². The topological polar surface area (TPSA) is 123 Å². The van der Waals surface area contributed by atoms with Crippen LogP contribution in [0.25, 0.3) is 0 Å². The molecule has 0 bridgehead atoms. The predicted molar refractivity (Wildman–Crippen MR) is 111 cm³/mol. The van der Waals surface area contributed by atoms with Crippen LogP contribution in [0, 0.1) is 0 Å². The molecule has 9 nitrogen and oxygen atoms in total. The van der Waals surface area contributed by atoms with E-state index >= 15 is 0 Å². The molecule has 11 heteroatoms. The van der Waals surface area contributed by atoms with Gasteiger partial charge in [0.2, 0.25) is 5.88 Å². The van der Waals surface area contributed by atoms with Crippen LogP contribution < -0.4 is 15.4 Å². The second-order valence-electron chi connectivity index (χ2n) is 5.99. The first-order valence-electron chi connectivity index (χ1n) is 8.75. The summed E-state index contributed by atoms with van der Waals surface area (Å²) >= 11 is 12.1. The molecular formula is C19H18Cl2N5O4+. The van der Waals surface area contributed by atoms with Crippen molar-refractivity contribution in [1.82, 2.24) is 15.2 Å². The molecule has 3 rings (SSSR count). The minimum atomic E-state index is -0.494. The lowest BCUT2D eigenvalue weighted by Gasteiger charge is -2.07. The molecule has 0 aliphatic heterocycles. The van der Waals surface area contributed by atoms with Crippen LogP contribution in [-0.4, -0.2) is 47.3 Å². The van der Waals surface area contributed by atoms with Gasteiger partial charge in [-0.05, 0) is 18.2 Å². The van der Waals surface area contributed by atoms with Gasteiger partial charge in [0.05, 0.1) is 28.5 Å². The summed E-state index contributed by atoms with van der Waals surface area (Å²) < 4.78 is 10.3. The van der Waals surface area contributed by atoms with Crippen molar-refractivity contribution in [3.63, 3.8) is 0 Å². The lowest BCUT2D eigenvalue weighted by atomic mass is 10.2. The van der Waals surface area contributed by atoms with E-state index in [1.807, 2.05) is 0 Å². The van der Waals surface area contributed by atoms with E-state index in [1.54, 1.807) is 37.4 Å². The molecule has 0 aliphatic rings. The van der Waals surface area contributed by atoms with E-state index in [9.17, 15) is 9.59 Å². The van der Waals surface area contributed by atoms with Crippen molar-refractivity contribution in [3.05, 3.63) is 64.0 Å². The average Bonchev–Trinajstić information content (AvgIpc) is 3.17. The zero-order valence-corrected chi connectivity index (χ0v) is 17.3. The van der Waals surface area contributed by atoms with E-state index < -0.39 is 11.8 Å². The Bertz CT molecular complexity index is 1020. The molecule has 30 heavy (non-hydrogen) atoms. The predicted octanol–water partition coefficient (Wildman–Crippen LogP) is 2.42. The molecule has 0 spiro atoms. The van der Waals surface area contributed by atoms with Crippen molar-refractivity contribution in [3.8, 4) is 5.88 Å². The highest BCUT2D eigenvalue weighted by molar-refractivity contribution is 6.39. The number of pyridine rings is 1. The quantitative estimate of drug-likeness (QED) is 0.452. The molecular weight excluding hydrogens is 433 g/mol. The van der Waals surface area contributed by atoms with E-state index in [4.69, 9.17) is 32.7 Å². The number of methoxy groups -OCH3 is 1. The summed E-state index contributed by atoms with van der Waals surface area (Å²) in [6.45, 7) is 0.809. The van der Waals surface area contributed by atoms with Crippen LogP contribution in [0.3, 0.4) is 0 Å². The summed E-state index contributed by atoms with van der Waals surface area (Å²) in [5.41, 5.74) is 0.995. The van der Waals surface area contributed by atoms with Gasteiger partial charge in [0.15, 0.2) is 11.4 Å². The third-order valence-corrected chi connectivity index (χ3v) is 4.55. The van der Waals surface area contributed by atoms with Crippen molar-refractivity contribution < 1.29 is 24.4 Å². The number of carbonyl (C=O) groups excluding carboxylic acids is 2. The van der Waals surface area contributed by atoms with Crippen molar-refractivity contribution in [2.75, 3.05) is 25.6 Å². The Morgan fingerprint density at radius 3 is 2.57 bits per heavy atom. The molecule has 1 aromatic carbocycles. The molecule has 0 radical (unpaired) electrons. The number of ether oxygens (including phenoxy) is 2. The second kappa shape index (κ2) is 10.2. The lowest BCUT2D eigenvalue weighted by Crippen LogP contribution is -2.82. The van der Waals surface area contributed by atoms with Crippen molar-refractivity contribution in [1.29, 1.82) is 0 Å². The number of rotatable bonds is 8. The van der Waals surface area contributed by atoms with Gasteiger partial charge in [0.1, 0.15) is 18.4 Å². The number of nitrogens with one attached hydrogen (secondary N) is 2. The smallest absolute Gasteiger partial charge is 0.350 e. The largest absolute Gasteiger partial charge is 0.475 e. The van der Waals surface area contributed by atoms with Gasteiger partial charge in [-0.2, -0.15) is 5.10 Å². The summed E-state index contributed by atoms with van der Waals surface area (Å²) in [7, 11) is 1.58. The molecule has 2 amide bonds. The first-order valence-corrected chi connectivity index (χ1v) is 9.50. The Morgan fingerprint density at radius 2 is 1.90 bits per heavy atom. The monoisotopic (exact) mass is 450 g/mol. The van der Waals surface area contributed by atoms with Crippen LogP contribution in [0.1, 0.15) is 20.8 Å². The van der Waals surface area contributed by atoms with E-state index in [-0.39, 0.29) is 21.3 Å². The zero-order valence-electron chi connectivity index (χ0n) is 15.8. The molecule has 0 fully saturated rings. The lowest BCUT2D eigenvalue weighted by molar-refractivity contribution is -0.464. The second-order valence-corrected chi connectivity index (χ2v) is 6.80. The number of hydrogen-bond acceptors (Lipinski definition) is 6. The molecule has 2 aromatic heterocycles. The average molecular weight is 451 g/mol. The summed E-state index contributed by atoms with van der Waals surface area (Å²) in [6.07, 6.45) is 2.82. The Hall–Kier alpha value is -2.98. The van der Waals surface area contributed by atoms with Crippen LogP contribution in [0.2, 0.25) is 10.0 Å². The number of anilines is 1. The first-order chi connectivity index (χ1) is 14.5. The van der Waals surface area contributed by atoms with Crippen LogP contribution in [0.5, 0.6) is 5.88 Å². The Labute approximate surface area is 181 Å². The molecule has 4 N–H and O–H groups in total. The van der Waals surface area contributed by atoms with E-state index in [0.29, 0.717) is 30.5 Å². The van der Waals surface area contributed by atoms with Crippen molar-refractivity contribution in [2.45, 2.75) is 0 Å². The van der Waals surface area contributed by atoms with Gasteiger partial charge in [-0.1, -0.05) is 29.3 Å². The fraction of sp³-hybridized carbons (Fsp3) is 0.158. The fourth-order valence-electron chi connectivity index (χ4n) is 2.50. The standard InChI is InChI=1S/C19H17Cl2N5O4/c1-29-7-8-30-15-6-5-11(9-22-15)24-19(28)17-14(10-23-26-17)25-18(27)16-12(20)3-2-4-13(16)21/h2-6,9-10H,7-8H2,1H3,(H,23,26)(H,24,28)(H,25,27)/p+1. The van der Waals surface area contributed by atoms with Crippen molar-refractivity contribution in [2.24, 2.45) is 0 Å². The first kappa shape index (κ1) is 21.7. The number of primary amides is 1. The molecule has 0 atom stereocenters. The maximum absolute atomic E-state index is 12.6. The molecule has 3 aromatic rings. The number of quaternary nitrogens is 1. The fourth-order valence-corrected chi connectivity index (χ4v) is 3.08. The summed E-state index contributed by atoms with van der Waals surface area (Å²) in [6, 6.07) is 8.02. The van der Waals surface area contributed by atoms with Crippen LogP contribution in [-0.2, 0) is 4.74 Å². The number of benzene rings is 1.